The van der Waals surface area contributed by atoms with Gasteiger partial charge in [-0.25, -0.2) is 13.6 Å². The SMILES string of the molecule is CC(=O)Nc1cccc2ccc(O)c(N=Nc3cc(S(N)(=O)=O)ccc3O)c12.CC([O-])=Nc1cccc2ccc([O-])c(N=Nc3cc(S(=N)(=O)[O-])ccc3[O-])c12.[Cr+3].[Na+]. The van der Waals surface area contributed by atoms with Crippen LogP contribution in [0.25, 0.3) is 21.5 Å². The van der Waals surface area contributed by atoms with Gasteiger partial charge >= 0.3 is 46.9 Å². The van der Waals surface area contributed by atoms with Crippen molar-refractivity contribution in [2.24, 2.45) is 30.6 Å². The Morgan fingerprint density at radius 2 is 1.26 bits per heavy atom. The van der Waals surface area contributed by atoms with Crippen molar-refractivity contribution in [3.8, 4) is 23.0 Å². The summed E-state index contributed by atoms with van der Waals surface area (Å²) >= 11 is 0. The van der Waals surface area contributed by atoms with Gasteiger partial charge in [-0.05, 0) is 72.1 Å². The van der Waals surface area contributed by atoms with E-state index in [1.807, 2.05) is 0 Å². The first-order valence-corrected chi connectivity index (χ1v) is 18.8. The molecule has 18 nitrogen and oxygen atoms in total. The predicted molar refractivity (Wildman–Crippen MR) is 200 cm³/mol. The van der Waals surface area contributed by atoms with Crippen molar-refractivity contribution in [1.82, 2.24) is 0 Å². The van der Waals surface area contributed by atoms with Gasteiger partial charge in [0.15, 0.2) is 0 Å². The van der Waals surface area contributed by atoms with Crippen LogP contribution in [-0.4, -0.2) is 39.2 Å². The number of primary sulfonamides is 1. The van der Waals surface area contributed by atoms with Gasteiger partial charge < -0.3 is 35.4 Å². The quantitative estimate of drug-likeness (QED) is 0.0644. The second-order valence-electron chi connectivity index (χ2n) is 11.7. The Kier molecular flexibility index (Phi) is 15.6. The molecular weight excluding hydrogens is 844 g/mol. The van der Waals surface area contributed by atoms with Crippen molar-refractivity contribution in [1.29, 1.82) is 4.78 Å². The predicted octanol–water partition coefficient (Wildman–Crippen LogP) is 2.62. The second kappa shape index (κ2) is 19.3. The van der Waals surface area contributed by atoms with Gasteiger partial charge in [0.25, 0.3) is 0 Å². The molecule has 6 N–H and O–H groups in total. The van der Waals surface area contributed by atoms with Crippen molar-refractivity contribution in [3.05, 3.63) is 97.1 Å². The number of fused-ring (bicyclic) bond motifs is 2. The Balaban J connectivity index is 0.000000300. The number of aromatic hydroxyl groups is 2. The summed E-state index contributed by atoms with van der Waals surface area (Å²) in [4.78, 5) is 14.7. The zero-order chi connectivity index (χ0) is 40.9. The van der Waals surface area contributed by atoms with E-state index in [0.29, 0.717) is 21.8 Å². The number of anilines is 1. The van der Waals surface area contributed by atoms with Crippen LogP contribution >= 0.6 is 0 Å². The third-order valence-corrected chi connectivity index (χ3v) is 9.36. The molecule has 6 rings (SSSR count). The normalized spacial score (nSPS) is 12.7. The summed E-state index contributed by atoms with van der Waals surface area (Å²) in [6.45, 7) is 2.61. The number of hydrogen-bond donors (Lipinski definition) is 5. The van der Waals surface area contributed by atoms with Crippen molar-refractivity contribution >= 4 is 87.5 Å². The fraction of sp³-hybridized carbons (Fsp3) is 0.0556. The molecule has 58 heavy (non-hydrogen) atoms. The molecule has 1 unspecified atom stereocenters. The van der Waals surface area contributed by atoms with E-state index < -0.39 is 42.3 Å². The molecule has 0 heterocycles. The van der Waals surface area contributed by atoms with Crippen molar-refractivity contribution in [2.45, 2.75) is 23.6 Å². The van der Waals surface area contributed by atoms with Crippen LogP contribution in [0.3, 0.4) is 0 Å². The topological polar surface area (TPSA) is 325 Å². The summed E-state index contributed by atoms with van der Waals surface area (Å²) in [7, 11) is -8.29. The van der Waals surface area contributed by atoms with Crippen LogP contribution < -0.4 is 55.3 Å². The summed E-state index contributed by atoms with van der Waals surface area (Å²) in [6.07, 6.45) is 0. The monoisotopic (exact) mass is 871 g/mol. The summed E-state index contributed by atoms with van der Waals surface area (Å²) in [5.74, 6) is -2.45. The zero-order valence-corrected chi connectivity index (χ0v) is 35.3. The minimum atomic E-state index is -4.29. The fourth-order valence-corrected chi connectivity index (χ4v) is 6.19. The Morgan fingerprint density at radius 3 is 1.90 bits per heavy atom. The Morgan fingerprint density at radius 1 is 0.707 bits per heavy atom. The minimum Gasteiger partial charge on any atom is -0.871 e. The van der Waals surface area contributed by atoms with Gasteiger partial charge in [0, 0.05) is 32.6 Å². The molecule has 0 aliphatic carbocycles. The maximum absolute atomic E-state index is 12.3. The molecule has 0 bridgehead atoms. The molecular formula is C36H28CrN8NaO10S2. The van der Waals surface area contributed by atoms with E-state index >= 15 is 0 Å². The largest absolute Gasteiger partial charge is 3.00 e. The maximum atomic E-state index is 12.3. The molecule has 0 saturated carbocycles. The van der Waals surface area contributed by atoms with E-state index in [-0.39, 0.29) is 103 Å². The molecule has 1 atom stereocenters. The molecule has 0 fully saturated rings. The van der Waals surface area contributed by atoms with Crippen molar-refractivity contribution in [3.63, 3.8) is 0 Å². The van der Waals surface area contributed by atoms with Crippen LogP contribution in [0, 0.1) is 4.78 Å². The number of nitrogens with two attached hydrogens (primary N) is 1. The minimum absolute atomic E-state index is 0. The third-order valence-electron chi connectivity index (χ3n) is 7.58. The first-order valence-electron chi connectivity index (χ1n) is 15.8. The van der Waals surface area contributed by atoms with Gasteiger partial charge in [-0.3, -0.25) is 18.8 Å². The van der Waals surface area contributed by atoms with E-state index in [1.165, 1.54) is 32.0 Å². The van der Waals surface area contributed by atoms with Crippen LogP contribution in [-0.2, 0) is 42.2 Å². The number of phenolic OH excluding ortho intramolecular Hbond substituents is 2. The molecule has 0 aliphatic rings. The number of amides is 1. The number of carbonyl (C=O) groups is 1. The molecule has 6 aromatic rings. The van der Waals surface area contributed by atoms with E-state index in [1.54, 1.807) is 42.5 Å². The Hall–Kier alpha value is -5.47. The van der Waals surface area contributed by atoms with E-state index in [0.717, 1.165) is 36.4 Å². The average Bonchev–Trinajstić information content (AvgIpc) is 3.11. The third kappa shape index (κ3) is 11.3. The number of nitrogens with zero attached hydrogens (tertiary/aromatic N) is 5. The van der Waals surface area contributed by atoms with Crippen molar-refractivity contribution in [2.75, 3.05) is 5.32 Å². The number of azo groups is 2. The summed E-state index contributed by atoms with van der Waals surface area (Å²) in [5, 5.41) is 81.0. The van der Waals surface area contributed by atoms with Gasteiger partial charge in [-0.2, -0.15) is 10.2 Å². The molecule has 1 amide bonds. The molecule has 6 aromatic carbocycles. The number of carbonyl (C=O) groups excluding carboxylic acids is 1. The summed E-state index contributed by atoms with van der Waals surface area (Å²) in [6, 6.07) is 22.1. The second-order valence-corrected chi connectivity index (χ2v) is 14.7. The first-order chi connectivity index (χ1) is 26.3. The van der Waals surface area contributed by atoms with Gasteiger partial charge in [0.2, 0.25) is 15.9 Å². The number of benzene rings is 6. The summed E-state index contributed by atoms with van der Waals surface area (Å²) < 4.78 is 52.7. The Labute approximate surface area is 363 Å². The Bertz CT molecular complexity index is 2860. The first kappa shape index (κ1) is 46.9. The van der Waals surface area contributed by atoms with Gasteiger partial charge in [0.05, 0.1) is 27.6 Å². The average molecular weight is 872 g/mol. The molecule has 1 radical (unpaired) electrons. The molecule has 0 aromatic heterocycles. The number of phenols is 2. The summed E-state index contributed by atoms with van der Waals surface area (Å²) in [5.41, 5.74) is 0.0448. The van der Waals surface area contributed by atoms with Crippen LogP contribution in [0.1, 0.15) is 13.8 Å². The standard InChI is InChI=1S/2C18H16N4O5S.Cr.Na/c2*1-10(23)20-13-4-2-3-11-5-7-16(25)18(17(11)13)22-21-14-9-12(28(19,26)27)6-8-15(14)24;;/h2*2-9,24-25H,1H3,(H,20,23)(H2,19,26,27);;/q;;+3;+1/p-4. The van der Waals surface area contributed by atoms with Crippen molar-refractivity contribution < 1.29 is 94.4 Å². The van der Waals surface area contributed by atoms with Crippen LogP contribution in [0.2, 0.25) is 0 Å². The number of sulfonamides is 1. The van der Waals surface area contributed by atoms with Crippen LogP contribution in [0.15, 0.2) is 132 Å². The van der Waals surface area contributed by atoms with Crippen LogP contribution in [0.4, 0.5) is 34.1 Å². The molecule has 0 saturated heterocycles. The fourth-order valence-electron chi connectivity index (χ4n) is 5.14. The van der Waals surface area contributed by atoms with E-state index in [2.05, 4.69) is 30.8 Å². The van der Waals surface area contributed by atoms with E-state index in [4.69, 9.17) is 9.92 Å². The molecule has 0 aliphatic heterocycles. The van der Waals surface area contributed by atoms with Gasteiger partial charge in [-0.1, -0.05) is 60.0 Å². The number of aliphatic imine (C=N–C) groups is 1. The van der Waals surface area contributed by atoms with E-state index in [9.17, 15) is 47.5 Å². The maximum Gasteiger partial charge on any atom is 3.00 e. The number of hydrogen-bond acceptors (Lipinski definition) is 16. The number of rotatable bonds is 8. The number of nitrogens with one attached hydrogen (secondary N) is 2. The zero-order valence-electron chi connectivity index (χ0n) is 30.4. The van der Waals surface area contributed by atoms with Crippen LogP contribution in [0.5, 0.6) is 23.0 Å². The smallest absolute Gasteiger partial charge is 0.871 e. The van der Waals surface area contributed by atoms with Gasteiger partial charge in [0.1, 0.15) is 22.9 Å². The molecule has 291 valence electrons. The molecule has 22 heteroatoms. The molecule has 0 spiro atoms. The van der Waals surface area contributed by atoms with Gasteiger partial charge in [-0.15, -0.1) is 10.2 Å².